The Bertz CT molecular complexity index is 176. The first-order valence-electron chi connectivity index (χ1n) is 4.74. The highest BCUT2D eigenvalue weighted by Gasteiger charge is 2.26. The van der Waals surface area contributed by atoms with E-state index < -0.39 is 0 Å². The first-order valence-corrected chi connectivity index (χ1v) is 4.74. The quantitative estimate of drug-likeness (QED) is 0.650. The van der Waals surface area contributed by atoms with Crippen molar-refractivity contribution >= 4 is 5.91 Å². The van der Waals surface area contributed by atoms with Crippen molar-refractivity contribution in [3.05, 3.63) is 0 Å². The van der Waals surface area contributed by atoms with Crippen LogP contribution in [0, 0.1) is 0 Å². The van der Waals surface area contributed by atoms with Crippen LogP contribution in [0.2, 0.25) is 0 Å². The van der Waals surface area contributed by atoms with Crippen LogP contribution in [0.4, 0.5) is 0 Å². The first-order chi connectivity index (χ1) is 6.08. The lowest BCUT2D eigenvalue weighted by Gasteiger charge is -2.31. The zero-order chi connectivity index (χ0) is 9.84. The minimum Gasteiger partial charge on any atom is -0.368 e. The number of amides is 1. The van der Waals surface area contributed by atoms with Crippen LogP contribution < -0.4 is 11.1 Å². The average Bonchev–Trinajstić information content (AvgIpc) is 1.94. The highest BCUT2D eigenvalue weighted by Crippen LogP contribution is 2.20. The molecule has 4 heteroatoms. The molecule has 0 saturated heterocycles. The predicted octanol–water partition coefficient (Wildman–Crippen LogP) is 0.0173. The summed E-state index contributed by atoms with van der Waals surface area (Å²) in [5.41, 5.74) is 5.58. The highest BCUT2D eigenvalue weighted by molar-refractivity contribution is 5.77. The van der Waals surface area contributed by atoms with E-state index in [2.05, 4.69) is 5.32 Å². The third kappa shape index (κ3) is 3.74. The van der Waals surface area contributed by atoms with E-state index in [1.54, 1.807) is 0 Å². The summed E-state index contributed by atoms with van der Waals surface area (Å²) in [5.74, 6) is -0.0459. The van der Waals surface area contributed by atoms with Crippen molar-refractivity contribution in [2.45, 2.75) is 44.9 Å². The van der Waals surface area contributed by atoms with Crippen LogP contribution in [0.5, 0.6) is 0 Å². The smallest absolute Gasteiger partial charge is 0.246 e. The molecule has 1 amide bonds. The Morgan fingerprint density at radius 1 is 1.62 bits per heavy atom. The normalized spacial score (nSPS) is 27.1. The van der Waals surface area contributed by atoms with Crippen molar-refractivity contribution in [2.75, 3.05) is 6.61 Å². The van der Waals surface area contributed by atoms with E-state index in [1.807, 2.05) is 13.8 Å². The number of nitrogens with two attached hydrogens (primary N) is 1. The van der Waals surface area contributed by atoms with Crippen LogP contribution in [0.25, 0.3) is 0 Å². The molecule has 13 heavy (non-hydrogen) atoms. The van der Waals surface area contributed by atoms with Crippen molar-refractivity contribution in [1.82, 2.24) is 5.32 Å². The molecule has 0 bridgehead atoms. The van der Waals surface area contributed by atoms with Gasteiger partial charge in [0.2, 0.25) is 5.91 Å². The van der Waals surface area contributed by atoms with Gasteiger partial charge in [-0.25, -0.2) is 0 Å². The van der Waals surface area contributed by atoms with Gasteiger partial charge in [0.25, 0.3) is 0 Å². The molecule has 0 atom stereocenters. The monoisotopic (exact) mass is 186 g/mol. The summed E-state index contributed by atoms with van der Waals surface area (Å²) < 4.78 is 5.32. The summed E-state index contributed by atoms with van der Waals surface area (Å²) in [6.07, 6.45) is 1.97. The van der Waals surface area contributed by atoms with Gasteiger partial charge in [0.05, 0.1) is 6.10 Å². The number of ether oxygens (including phenoxy) is 1. The third-order valence-electron chi connectivity index (χ3n) is 2.03. The van der Waals surface area contributed by atoms with Crippen molar-refractivity contribution in [3.63, 3.8) is 0 Å². The van der Waals surface area contributed by atoms with Gasteiger partial charge in [0.1, 0.15) is 6.61 Å². The summed E-state index contributed by atoms with van der Waals surface area (Å²) in [6.45, 7) is 4.02. The van der Waals surface area contributed by atoms with E-state index in [9.17, 15) is 4.79 Å². The van der Waals surface area contributed by atoms with Crippen LogP contribution in [0.15, 0.2) is 0 Å². The molecule has 1 rings (SSSR count). The second-order valence-corrected chi connectivity index (χ2v) is 3.89. The maximum atomic E-state index is 11.1. The zero-order valence-electron chi connectivity index (χ0n) is 8.25. The van der Waals surface area contributed by atoms with Gasteiger partial charge in [-0.15, -0.1) is 0 Å². The maximum Gasteiger partial charge on any atom is 0.246 e. The number of hydrogen-bond acceptors (Lipinski definition) is 3. The van der Waals surface area contributed by atoms with Crippen LogP contribution in [0.1, 0.15) is 26.7 Å². The molecule has 1 fully saturated rings. The molecule has 1 saturated carbocycles. The van der Waals surface area contributed by atoms with Gasteiger partial charge in [-0.2, -0.15) is 0 Å². The number of rotatable bonds is 4. The zero-order valence-corrected chi connectivity index (χ0v) is 8.25. The Hall–Kier alpha value is -0.610. The van der Waals surface area contributed by atoms with E-state index in [0.29, 0.717) is 0 Å². The van der Waals surface area contributed by atoms with E-state index in [1.165, 1.54) is 0 Å². The molecule has 0 aliphatic heterocycles. The van der Waals surface area contributed by atoms with Gasteiger partial charge in [0.15, 0.2) is 0 Å². The topological polar surface area (TPSA) is 64.3 Å². The molecule has 0 aromatic rings. The Morgan fingerprint density at radius 2 is 2.23 bits per heavy atom. The van der Waals surface area contributed by atoms with Crippen molar-refractivity contribution < 1.29 is 9.53 Å². The molecule has 3 N–H and O–H groups in total. The van der Waals surface area contributed by atoms with Crippen LogP contribution in [0.3, 0.4) is 0 Å². The lowest BCUT2D eigenvalue weighted by Crippen LogP contribution is -2.43. The molecular weight excluding hydrogens is 168 g/mol. The fourth-order valence-electron chi connectivity index (χ4n) is 1.30. The van der Waals surface area contributed by atoms with E-state index >= 15 is 0 Å². The molecule has 76 valence electrons. The fraction of sp³-hybridized carbons (Fsp3) is 0.889. The van der Waals surface area contributed by atoms with E-state index in [0.717, 1.165) is 12.8 Å². The van der Waals surface area contributed by atoms with Gasteiger partial charge < -0.3 is 15.8 Å². The molecule has 0 unspecified atom stereocenters. The number of hydrogen-bond donors (Lipinski definition) is 2. The van der Waals surface area contributed by atoms with E-state index in [-0.39, 0.29) is 30.7 Å². The molecule has 1 aliphatic carbocycles. The highest BCUT2D eigenvalue weighted by atomic mass is 16.5. The molecule has 0 aromatic carbocycles. The average molecular weight is 186 g/mol. The second-order valence-electron chi connectivity index (χ2n) is 3.89. The summed E-state index contributed by atoms with van der Waals surface area (Å²) >= 11 is 0. The Morgan fingerprint density at radius 3 is 2.69 bits per heavy atom. The molecule has 0 spiro atoms. The summed E-state index contributed by atoms with van der Waals surface area (Å²) in [4.78, 5) is 11.1. The Kier molecular flexibility index (Phi) is 3.69. The lowest BCUT2D eigenvalue weighted by molar-refractivity contribution is -0.130. The van der Waals surface area contributed by atoms with Crippen molar-refractivity contribution in [1.29, 1.82) is 0 Å². The Labute approximate surface area is 78.8 Å². The molecule has 0 aromatic heterocycles. The maximum absolute atomic E-state index is 11.1. The van der Waals surface area contributed by atoms with Crippen LogP contribution >= 0.6 is 0 Å². The van der Waals surface area contributed by atoms with Crippen LogP contribution in [-0.2, 0) is 9.53 Å². The van der Waals surface area contributed by atoms with Gasteiger partial charge in [-0.05, 0) is 26.7 Å². The second kappa shape index (κ2) is 4.58. The minimum atomic E-state index is -0.0459. The predicted molar refractivity (Wildman–Crippen MR) is 50.2 cm³/mol. The fourth-order valence-corrected chi connectivity index (χ4v) is 1.30. The molecule has 0 heterocycles. The largest absolute Gasteiger partial charge is 0.368 e. The number of carbonyl (C=O) groups is 1. The lowest BCUT2D eigenvalue weighted by atomic mass is 9.90. The van der Waals surface area contributed by atoms with E-state index in [4.69, 9.17) is 10.5 Å². The minimum absolute atomic E-state index is 0.0459. The summed E-state index contributed by atoms with van der Waals surface area (Å²) in [5, 5.41) is 2.76. The van der Waals surface area contributed by atoms with Crippen molar-refractivity contribution in [3.8, 4) is 0 Å². The van der Waals surface area contributed by atoms with Crippen LogP contribution in [-0.4, -0.2) is 30.7 Å². The molecular formula is C9H18N2O2. The number of carbonyl (C=O) groups excluding carboxylic acids is 1. The standard InChI is InChI=1S/C9H18N2O2/c1-6(2)11-9(12)5-13-8-3-7(10)4-8/h6-8H,3-5,10H2,1-2H3,(H,11,12). The third-order valence-corrected chi connectivity index (χ3v) is 2.03. The first kappa shape index (κ1) is 10.5. The molecule has 0 radical (unpaired) electrons. The van der Waals surface area contributed by atoms with Gasteiger partial charge in [-0.1, -0.05) is 0 Å². The van der Waals surface area contributed by atoms with Crippen molar-refractivity contribution in [2.24, 2.45) is 5.73 Å². The summed E-state index contributed by atoms with van der Waals surface area (Å²) in [6, 6.07) is 0.456. The summed E-state index contributed by atoms with van der Waals surface area (Å²) in [7, 11) is 0. The number of nitrogens with one attached hydrogen (secondary N) is 1. The molecule has 4 nitrogen and oxygen atoms in total. The van der Waals surface area contributed by atoms with Gasteiger partial charge in [-0.3, -0.25) is 4.79 Å². The molecule has 1 aliphatic rings. The van der Waals surface area contributed by atoms with Gasteiger partial charge >= 0.3 is 0 Å². The Balaban J connectivity index is 2.02. The van der Waals surface area contributed by atoms with Gasteiger partial charge in [0, 0.05) is 12.1 Å². The SMILES string of the molecule is CC(C)NC(=O)COC1CC(N)C1.